The molecule has 1 fully saturated rings. The van der Waals surface area contributed by atoms with Crippen molar-refractivity contribution in [1.82, 2.24) is 0 Å². The summed E-state index contributed by atoms with van der Waals surface area (Å²) in [6.07, 6.45) is -2.30. The maximum absolute atomic E-state index is 12.8. The summed E-state index contributed by atoms with van der Waals surface area (Å²) in [6.45, 7) is 0.767. The monoisotopic (exact) mass is 333 g/mol. The Morgan fingerprint density at radius 3 is 2.53 bits per heavy atom. The van der Waals surface area contributed by atoms with Gasteiger partial charge in [-0.25, -0.2) is 0 Å². The van der Waals surface area contributed by atoms with Gasteiger partial charge in [0.25, 0.3) is 0 Å². The molecule has 0 aromatic heterocycles. The highest BCUT2D eigenvalue weighted by Gasteiger charge is 2.48. The molecule has 0 radical (unpaired) electrons. The zero-order valence-electron chi connectivity index (χ0n) is 10.4. The van der Waals surface area contributed by atoms with E-state index in [9.17, 15) is 13.2 Å². The van der Waals surface area contributed by atoms with Gasteiger partial charge in [-0.1, -0.05) is 15.9 Å². The molecule has 19 heavy (non-hydrogen) atoms. The molecule has 1 N–H and O–H groups in total. The van der Waals surface area contributed by atoms with Gasteiger partial charge < -0.3 is 5.32 Å². The fraction of sp³-hybridized carbons (Fsp3) is 0.571. The molecule has 1 nitrogen and oxygen atoms in total. The molecule has 5 heteroatoms. The van der Waals surface area contributed by atoms with Crippen molar-refractivity contribution >= 4 is 21.6 Å². The second-order valence-corrected chi connectivity index (χ2v) is 6.56. The minimum absolute atomic E-state index is 0.0964. The number of hydrogen-bond donors (Lipinski definition) is 1. The van der Waals surface area contributed by atoms with Crippen LogP contribution in [0.3, 0.4) is 0 Å². The molecule has 2 aliphatic rings. The zero-order valence-corrected chi connectivity index (χ0v) is 11.9. The molecule has 3 rings (SSSR count). The minimum atomic E-state index is -4.03. The summed E-state index contributed by atoms with van der Waals surface area (Å²) < 4.78 is 39.3. The smallest absolute Gasteiger partial charge is 0.384 e. The average Bonchev–Trinajstić information content (AvgIpc) is 2.68. The number of benzene rings is 1. The van der Waals surface area contributed by atoms with Gasteiger partial charge in [0, 0.05) is 22.1 Å². The topological polar surface area (TPSA) is 12.0 Å². The fourth-order valence-corrected chi connectivity index (χ4v) is 3.77. The van der Waals surface area contributed by atoms with Crippen LogP contribution in [0.2, 0.25) is 0 Å². The van der Waals surface area contributed by atoms with E-state index in [1.54, 1.807) is 0 Å². The second kappa shape index (κ2) is 4.40. The molecular formula is C14H15BrF3N. The lowest BCUT2D eigenvalue weighted by Gasteiger charge is -2.38. The lowest BCUT2D eigenvalue weighted by Crippen LogP contribution is -2.37. The van der Waals surface area contributed by atoms with Gasteiger partial charge in [-0.3, -0.25) is 0 Å². The molecule has 1 spiro atoms. The molecule has 0 bridgehead atoms. The number of rotatable bonds is 0. The lowest BCUT2D eigenvalue weighted by molar-refractivity contribution is -0.184. The predicted octanol–water partition coefficient (Wildman–Crippen LogP) is 4.86. The van der Waals surface area contributed by atoms with Crippen molar-refractivity contribution in [2.45, 2.75) is 37.3 Å². The Hall–Kier alpha value is -0.710. The Bertz CT molecular complexity index is 490. The van der Waals surface area contributed by atoms with Crippen LogP contribution in [0, 0.1) is 5.92 Å². The van der Waals surface area contributed by atoms with E-state index in [0.29, 0.717) is 12.8 Å². The van der Waals surface area contributed by atoms with Crippen LogP contribution in [0.4, 0.5) is 18.9 Å². The molecule has 0 amide bonds. The van der Waals surface area contributed by atoms with Crippen LogP contribution in [0.25, 0.3) is 0 Å². The summed E-state index contributed by atoms with van der Waals surface area (Å²) in [5, 5.41) is 3.34. The van der Waals surface area contributed by atoms with E-state index in [-0.39, 0.29) is 18.3 Å². The summed E-state index contributed by atoms with van der Waals surface area (Å²) in [6, 6.07) is 6.03. The number of fused-ring (bicyclic) bond motifs is 2. The summed E-state index contributed by atoms with van der Waals surface area (Å²) >= 11 is 3.45. The maximum atomic E-state index is 12.8. The van der Waals surface area contributed by atoms with Crippen LogP contribution in [0.5, 0.6) is 0 Å². The average molecular weight is 334 g/mol. The highest BCUT2D eigenvalue weighted by Crippen LogP contribution is 2.51. The normalized spacial score (nSPS) is 30.2. The number of halogens is 4. The van der Waals surface area contributed by atoms with Crippen LogP contribution >= 0.6 is 15.9 Å². The van der Waals surface area contributed by atoms with E-state index >= 15 is 0 Å². The first kappa shape index (κ1) is 13.3. The van der Waals surface area contributed by atoms with Gasteiger partial charge in [-0.15, -0.1) is 0 Å². The molecule has 0 unspecified atom stereocenters. The molecule has 1 aromatic rings. The molecule has 1 heterocycles. The highest BCUT2D eigenvalue weighted by molar-refractivity contribution is 9.10. The number of alkyl halides is 3. The predicted molar refractivity (Wildman–Crippen MR) is 72.3 cm³/mol. The van der Waals surface area contributed by atoms with Crippen molar-refractivity contribution in [3.63, 3.8) is 0 Å². The third-order valence-corrected chi connectivity index (χ3v) is 5.07. The zero-order chi connectivity index (χ0) is 13.7. The molecule has 1 aliphatic carbocycles. The maximum Gasteiger partial charge on any atom is 0.391 e. The molecule has 0 saturated heterocycles. The van der Waals surface area contributed by atoms with Gasteiger partial charge in [0.1, 0.15) is 0 Å². The Morgan fingerprint density at radius 1 is 1.21 bits per heavy atom. The summed E-state index contributed by atoms with van der Waals surface area (Å²) in [7, 11) is 0. The van der Waals surface area contributed by atoms with Crippen molar-refractivity contribution < 1.29 is 13.2 Å². The van der Waals surface area contributed by atoms with Crippen LogP contribution in [-0.4, -0.2) is 12.7 Å². The molecular weight excluding hydrogens is 319 g/mol. The third kappa shape index (κ3) is 2.26. The Kier molecular flexibility index (Phi) is 3.08. The fourth-order valence-electron chi connectivity index (χ4n) is 3.41. The van der Waals surface area contributed by atoms with Crippen LogP contribution in [0.15, 0.2) is 22.7 Å². The van der Waals surface area contributed by atoms with Crippen molar-refractivity contribution in [1.29, 1.82) is 0 Å². The van der Waals surface area contributed by atoms with Gasteiger partial charge in [-0.2, -0.15) is 13.2 Å². The summed E-state index contributed by atoms with van der Waals surface area (Å²) in [4.78, 5) is 0. The first-order valence-corrected chi connectivity index (χ1v) is 7.31. The number of anilines is 1. The van der Waals surface area contributed by atoms with E-state index < -0.39 is 12.1 Å². The second-order valence-electron chi connectivity index (χ2n) is 5.64. The standard InChI is InChI=1S/C14H15BrF3N/c15-10-1-2-12-11(7-10)13(8-19-12)5-3-9(4-6-13)14(16,17)18/h1-2,7,9,19H,3-6,8H2. The van der Waals surface area contributed by atoms with Crippen LogP contribution < -0.4 is 5.32 Å². The summed E-state index contributed by atoms with van der Waals surface area (Å²) in [5.74, 6) is -1.12. The van der Waals surface area contributed by atoms with E-state index in [0.717, 1.165) is 16.7 Å². The Labute approximate surface area is 118 Å². The van der Waals surface area contributed by atoms with E-state index in [2.05, 4.69) is 27.3 Å². The van der Waals surface area contributed by atoms with Crippen LogP contribution in [-0.2, 0) is 5.41 Å². The largest absolute Gasteiger partial charge is 0.391 e. The van der Waals surface area contributed by atoms with Crippen LogP contribution in [0.1, 0.15) is 31.2 Å². The highest BCUT2D eigenvalue weighted by atomic mass is 79.9. The first-order chi connectivity index (χ1) is 8.91. The van der Waals surface area contributed by atoms with Crippen molar-refractivity contribution in [3.8, 4) is 0 Å². The number of nitrogens with one attached hydrogen (secondary N) is 1. The Balaban J connectivity index is 1.84. The molecule has 0 atom stereocenters. The van der Waals surface area contributed by atoms with E-state index in [4.69, 9.17) is 0 Å². The molecule has 1 saturated carbocycles. The molecule has 1 aliphatic heterocycles. The van der Waals surface area contributed by atoms with Gasteiger partial charge >= 0.3 is 6.18 Å². The van der Waals surface area contributed by atoms with Gasteiger partial charge in [-0.05, 0) is 49.4 Å². The van der Waals surface area contributed by atoms with E-state index in [1.807, 2.05) is 12.1 Å². The minimum Gasteiger partial charge on any atom is -0.384 e. The van der Waals surface area contributed by atoms with Gasteiger partial charge in [0.15, 0.2) is 0 Å². The first-order valence-electron chi connectivity index (χ1n) is 6.51. The molecule has 1 aromatic carbocycles. The molecule has 104 valence electrons. The number of hydrogen-bond acceptors (Lipinski definition) is 1. The van der Waals surface area contributed by atoms with Crippen molar-refractivity contribution in [3.05, 3.63) is 28.2 Å². The van der Waals surface area contributed by atoms with Gasteiger partial charge in [0.05, 0.1) is 5.92 Å². The lowest BCUT2D eigenvalue weighted by atomic mass is 9.67. The van der Waals surface area contributed by atoms with Crippen molar-refractivity contribution in [2.75, 3.05) is 11.9 Å². The quantitative estimate of drug-likeness (QED) is 0.714. The van der Waals surface area contributed by atoms with Gasteiger partial charge in [0.2, 0.25) is 0 Å². The summed E-state index contributed by atoms with van der Waals surface area (Å²) in [5.41, 5.74) is 2.16. The van der Waals surface area contributed by atoms with E-state index in [1.165, 1.54) is 5.56 Å². The third-order valence-electron chi connectivity index (χ3n) is 4.58. The Morgan fingerprint density at radius 2 is 1.89 bits per heavy atom. The van der Waals surface area contributed by atoms with Crippen molar-refractivity contribution in [2.24, 2.45) is 5.92 Å². The SMILES string of the molecule is FC(F)(F)C1CCC2(CC1)CNc1ccc(Br)cc12.